The number of carbonyl (C=O) groups is 1. The Labute approximate surface area is 235 Å². The summed E-state index contributed by atoms with van der Waals surface area (Å²) in [5, 5.41) is 8.11. The lowest BCUT2D eigenvalue weighted by Gasteiger charge is -2.31. The number of anilines is 2. The number of carbonyl (C=O) groups excluding carboxylic acids is 1. The van der Waals surface area contributed by atoms with Crippen molar-refractivity contribution in [3.63, 3.8) is 0 Å². The van der Waals surface area contributed by atoms with Crippen molar-refractivity contribution in [1.29, 1.82) is 0 Å². The van der Waals surface area contributed by atoms with Gasteiger partial charge in [-0.15, -0.1) is 0 Å². The SMILES string of the molecule is CCc1ccc(NC(=O)N2Cc3c(C)nn(-c4ccccc4)c3-n3cccc3[C@H]2c2ccc(N(C)C)cc2)cc1. The smallest absolute Gasteiger partial charge is 0.322 e. The van der Waals surface area contributed by atoms with Crippen LogP contribution in [0.25, 0.3) is 11.5 Å². The van der Waals surface area contributed by atoms with E-state index in [9.17, 15) is 4.79 Å². The Morgan fingerprint density at radius 1 is 0.950 bits per heavy atom. The highest BCUT2D eigenvalue weighted by Gasteiger charge is 2.36. The normalized spacial score (nSPS) is 14.3. The summed E-state index contributed by atoms with van der Waals surface area (Å²) in [6.07, 6.45) is 3.02. The van der Waals surface area contributed by atoms with Crippen LogP contribution < -0.4 is 10.2 Å². The lowest BCUT2D eigenvalue weighted by atomic mass is 10.0. The average Bonchev–Trinajstić information content (AvgIpc) is 3.54. The van der Waals surface area contributed by atoms with Crippen LogP contribution in [-0.2, 0) is 13.0 Å². The number of hydrogen-bond donors (Lipinski definition) is 1. The molecule has 1 atom stereocenters. The minimum Gasteiger partial charge on any atom is -0.378 e. The molecule has 0 bridgehead atoms. The van der Waals surface area contributed by atoms with E-state index in [0.717, 1.165) is 51.8 Å². The minimum atomic E-state index is -0.308. The molecule has 3 heterocycles. The molecule has 6 rings (SSSR count). The van der Waals surface area contributed by atoms with E-state index in [2.05, 4.69) is 82.5 Å². The van der Waals surface area contributed by atoms with E-state index in [1.54, 1.807) is 0 Å². The molecule has 0 saturated heterocycles. The second-order valence-corrected chi connectivity index (χ2v) is 10.4. The molecule has 7 heteroatoms. The van der Waals surface area contributed by atoms with Gasteiger partial charge >= 0.3 is 6.03 Å². The number of amides is 2. The van der Waals surface area contributed by atoms with E-state index in [-0.39, 0.29) is 12.1 Å². The van der Waals surface area contributed by atoms with Gasteiger partial charge in [0.25, 0.3) is 0 Å². The van der Waals surface area contributed by atoms with E-state index < -0.39 is 0 Å². The Hall–Kier alpha value is -4.78. The largest absolute Gasteiger partial charge is 0.378 e. The van der Waals surface area contributed by atoms with Crippen molar-refractivity contribution in [3.8, 4) is 11.5 Å². The van der Waals surface area contributed by atoms with Crippen molar-refractivity contribution in [2.75, 3.05) is 24.3 Å². The highest BCUT2D eigenvalue weighted by atomic mass is 16.2. The Balaban J connectivity index is 1.50. The molecule has 2 aromatic heterocycles. The molecule has 40 heavy (non-hydrogen) atoms. The zero-order valence-electron chi connectivity index (χ0n) is 23.4. The van der Waals surface area contributed by atoms with Crippen LogP contribution in [-0.4, -0.2) is 39.4 Å². The maximum Gasteiger partial charge on any atom is 0.322 e. The van der Waals surface area contributed by atoms with Crippen molar-refractivity contribution < 1.29 is 4.79 Å². The van der Waals surface area contributed by atoms with Gasteiger partial charge < -0.3 is 19.7 Å². The van der Waals surface area contributed by atoms with E-state index in [1.165, 1.54) is 5.56 Å². The Bertz CT molecular complexity index is 1630. The number of aryl methyl sites for hydroxylation is 2. The van der Waals surface area contributed by atoms with Crippen LogP contribution in [0.15, 0.2) is 97.2 Å². The Morgan fingerprint density at radius 2 is 1.68 bits per heavy atom. The minimum absolute atomic E-state index is 0.154. The molecule has 0 unspecified atom stereocenters. The van der Waals surface area contributed by atoms with Crippen molar-refractivity contribution in [3.05, 3.63) is 125 Å². The van der Waals surface area contributed by atoms with E-state index in [0.29, 0.717) is 6.54 Å². The number of nitrogens with one attached hydrogen (secondary N) is 1. The van der Waals surface area contributed by atoms with Crippen molar-refractivity contribution in [1.82, 2.24) is 19.2 Å². The number of urea groups is 1. The van der Waals surface area contributed by atoms with Gasteiger partial charge in [-0.25, -0.2) is 9.48 Å². The highest BCUT2D eigenvalue weighted by Crippen LogP contribution is 2.39. The first-order valence-electron chi connectivity index (χ1n) is 13.7. The lowest BCUT2D eigenvalue weighted by Crippen LogP contribution is -2.38. The van der Waals surface area contributed by atoms with Gasteiger partial charge in [0.1, 0.15) is 5.82 Å². The van der Waals surface area contributed by atoms with Gasteiger partial charge in [-0.1, -0.05) is 49.4 Å². The number of hydrogen-bond acceptors (Lipinski definition) is 3. The number of para-hydroxylation sites is 1. The molecule has 0 aliphatic carbocycles. The molecule has 7 nitrogen and oxygen atoms in total. The molecular weight excluding hydrogens is 496 g/mol. The molecule has 5 aromatic rings. The Kier molecular flexibility index (Phi) is 6.64. The number of fused-ring (bicyclic) bond motifs is 3. The number of aromatic nitrogens is 3. The van der Waals surface area contributed by atoms with Crippen LogP contribution in [0.3, 0.4) is 0 Å². The van der Waals surface area contributed by atoms with Gasteiger partial charge in [0.05, 0.1) is 29.7 Å². The topological polar surface area (TPSA) is 58.3 Å². The molecule has 0 fully saturated rings. The summed E-state index contributed by atoms with van der Waals surface area (Å²) in [5.74, 6) is 0.959. The van der Waals surface area contributed by atoms with E-state index >= 15 is 0 Å². The summed E-state index contributed by atoms with van der Waals surface area (Å²) >= 11 is 0. The zero-order valence-corrected chi connectivity index (χ0v) is 23.4. The van der Waals surface area contributed by atoms with Gasteiger partial charge in [-0.3, -0.25) is 0 Å². The third-order valence-electron chi connectivity index (χ3n) is 7.69. The first kappa shape index (κ1) is 25.5. The van der Waals surface area contributed by atoms with Crippen molar-refractivity contribution >= 4 is 17.4 Å². The predicted octanol–water partition coefficient (Wildman–Crippen LogP) is 6.74. The van der Waals surface area contributed by atoms with Crippen molar-refractivity contribution in [2.45, 2.75) is 32.9 Å². The molecule has 1 aliphatic rings. The second-order valence-electron chi connectivity index (χ2n) is 10.4. The van der Waals surface area contributed by atoms with Gasteiger partial charge in [-0.05, 0) is 73.0 Å². The van der Waals surface area contributed by atoms with Crippen LogP contribution in [0, 0.1) is 6.92 Å². The van der Waals surface area contributed by atoms with Crippen LogP contribution in [0.4, 0.5) is 16.2 Å². The highest BCUT2D eigenvalue weighted by molar-refractivity contribution is 5.90. The fourth-order valence-electron chi connectivity index (χ4n) is 5.47. The first-order chi connectivity index (χ1) is 19.4. The summed E-state index contributed by atoms with van der Waals surface area (Å²) in [5.41, 5.74) is 8.07. The fourth-order valence-corrected chi connectivity index (χ4v) is 5.47. The van der Waals surface area contributed by atoms with Gasteiger partial charge in [0.15, 0.2) is 0 Å². The summed E-state index contributed by atoms with van der Waals surface area (Å²) < 4.78 is 4.18. The van der Waals surface area contributed by atoms with Crippen LogP contribution in [0.1, 0.15) is 41.0 Å². The van der Waals surface area contributed by atoms with Gasteiger partial charge in [-0.2, -0.15) is 5.10 Å². The summed E-state index contributed by atoms with van der Waals surface area (Å²) in [4.78, 5) is 18.1. The maximum absolute atomic E-state index is 14.1. The van der Waals surface area contributed by atoms with Crippen LogP contribution in [0.5, 0.6) is 0 Å². The summed E-state index contributed by atoms with van der Waals surface area (Å²) in [6, 6.07) is 30.4. The third-order valence-corrected chi connectivity index (χ3v) is 7.69. The van der Waals surface area contributed by atoms with Gasteiger partial charge in [0, 0.05) is 37.2 Å². The quantitative estimate of drug-likeness (QED) is 0.274. The van der Waals surface area contributed by atoms with Crippen LogP contribution in [0.2, 0.25) is 0 Å². The molecule has 2 amide bonds. The molecule has 1 N–H and O–H groups in total. The number of nitrogens with zero attached hydrogens (tertiary/aromatic N) is 5. The first-order valence-corrected chi connectivity index (χ1v) is 13.7. The second kappa shape index (κ2) is 10.4. The van der Waals surface area contributed by atoms with Crippen molar-refractivity contribution in [2.24, 2.45) is 0 Å². The number of benzene rings is 3. The average molecular weight is 531 g/mol. The molecule has 0 radical (unpaired) electrons. The molecular formula is C33H34N6O. The monoisotopic (exact) mass is 530 g/mol. The third kappa shape index (κ3) is 4.53. The van der Waals surface area contributed by atoms with E-state index in [1.807, 2.05) is 67.0 Å². The number of rotatable bonds is 5. The summed E-state index contributed by atoms with van der Waals surface area (Å²) in [6.45, 7) is 4.56. The molecule has 0 spiro atoms. The predicted molar refractivity (Wildman–Crippen MR) is 161 cm³/mol. The zero-order chi connectivity index (χ0) is 27.8. The maximum atomic E-state index is 14.1. The Morgan fingerprint density at radius 3 is 2.35 bits per heavy atom. The molecule has 202 valence electrons. The molecule has 0 saturated carbocycles. The van der Waals surface area contributed by atoms with Crippen LogP contribution >= 0.6 is 0 Å². The summed E-state index contributed by atoms with van der Waals surface area (Å²) in [7, 11) is 4.06. The van der Waals surface area contributed by atoms with Gasteiger partial charge in [0.2, 0.25) is 0 Å². The molecule has 3 aromatic carbocycles. The van der Waals surface area contributed by atoms with E-state index in [4.69, 9.17) is 5.10 Å². The lowest BCUT2D eigenvalue weighted by molar-refractivity contribution is 0.194. The fraction of sp³-hybridized carbons (Fsp3) is 0.212. The molecule has 1 aliphatic heterocycles. The standard InChI is InChI=1S/C33H34N6O/c1-5-24-13-17-26(18-14-24)34-33(40)38-22-29-23(2)35-39(28-10-7-6-8-11-28)32(29)37-21-9-12-30(37)31(38)25-15-19-27(20-16-25)36(3)4/h6-21,31H,5,22H2,1-4H3,(H,34,40)/t31-/m1/s1.